The molecule has 0 aliphatic rings. The van der Waals surface area contributed by atoms with E-state index in [1.54, 1.807) is 12.3 Å². The van der Waals surface area contributed by atoms with E-state index in [1.165, 1.54) is 35.1 Å². The number of carbonyl (C=O) groups excluding carboxylic acids is 1. The van der Waals surface area contributed by atoms with Gasteiger partial charge in [-0.15, -0.1) is 0 Å². The van der Waals surface area contributed by atoms with Crippen molar-refractivity contribution >= 4 is 41.0 Å². The van der Waals surface area contributed by atoms with Crippen LogP contribution >= 0.6 is 35.1 Å². The lowest BCUT2D eigenvalue weighted by Gasteiger charge is -2.01. The van der Waals surface area contributed by atoms with Gasteiger partial charge in [0.05, 0.1) is 18.6 Å². The van der Waals surface area contributed by atoms with Crippen molar-refractivity contribution in [2.24, 2.45) is 0 Å². The maximum Gasteiger partial charge on any atom is 0.230 e. The van der Waals surface area contributed by atoms with Gasteiger partial charge < -0.3 is 9.73 Å². The molecule has 0 aromatic carbocycles. The van der Waals surface area contributed by atoms with Crippen LogP contribution in [0.5, 0.6) is 0 Å². The predicted octanol–water partition coefficient (Wildman–Crippen LogP) is 2.26. The third kappa shape index (κ3) is 4.04. The SMILES string of the molecule is CSc1nsc(SCC(=O)NCc2ccco2)n1. The fraction of sp³-hybridized carbons (Fsp3) is 0.300. The lowest BCUT2D eigenvalue weighted by Crippen LogP contribution is -2.24. The van der Waals surface area contributed by atoms with E-state index in [0.29, 0.717) is 12.3 Å². The molecule has 2 heterocycles. The molecule has 2 rings (SSSR count). The molecule has 8 heteroatoms. The monoisotopic (exact) mass is 301 g/mol. The molecule has 0 atom stereocenters. The van der Waals surface area contributed by atoms with Crippen LogP contribution in [0.4, 0.5) is 0 Å². The second kappa shape index (κ2) is 6.81. The highest BCUT2D eigenvalue weighted by Crippen LogP contribution is 2.23. The van der Waals surface area contributed by atoms with Gasteiger partial charge in [-0.1, -0.05) is 23.5 Å². The lowest BCUT2D eigenvalue weighted by atomic mass is 10.4. The van der Waals surface area contributed by atoms with Gasteiger partial charge in [-0.2, -0.15) is 4.37 Å². The first kappa shape index (κ1) is 13.4. The third-order valence-electron chi connectivity index (χ3n) is 1.94. The van der Waals surface area contributed by atoms with Crippen LogP contribution in [-0.2, 0) is 11.3 Å². The van der Waals surface area contributed by atoms with E-state index in [2.05, 4.69) is 14.7 Å². The molecular weight excluding hydrogens is 290 g/mol. The molecule has 0 aliphatic carbocycles. The van der Waals surface area contributed by atoms with Crippen LogP contribution in [0, 0.1) is 0 Å². The minimum atomic E-state index is -0.0442. The predicted molar refractivity (Wildman–Crippen MR) is 73.0 cm³/mol. The molecule has 0 unspecified atom stereocenters. The topological polar surface area (TPSA) is 68.0 Å². The Labute approximate surface area is 117 Å². The summed E-state index contributed by atoms with van der Waals surface area (Å²) in [6, 6.07) is 3.62. The second-order valence-corrected chi connectivity index (χ2v) is 5.94. The van der Waals surface area contributed by atoms with Gasteiger partial charge in [-0.25, -0.2) is 4.98 Å². The molecule has 5 nitrogen and oxygen atoms in total. The molecule has 1 amide bonds. The van der Waals surface area contributed by atoms with E-state index in [4.69, 9.17) is 4.42 Å². The van der Waals surface area contributed by atoms with Gasteiger partial charge in [0, 0.05) is 0 Å². The molecule has 0 saturated carbocycles. The molecule has 0 fully saturated rings. The molecule has 0 spiro atoms. The van der Waals surface area contributed by atoms with Gasteiger partial charge in [0.25, 0.3) is 0 Å². The van der Waals surface area contributed by atoms with E-state index in [9.17, 15) is 4.79 Å². The van der Waals surface area contributed by atoms with Gasteiger partial charge >= 0.3 is 0 Å². The van der Waals surface area contributed by atoms with Gasteiger partial charge in [0.2, 0.25) is 11.1 Å². The number of hydrogen-bond donors (Lipinski definition) is 1. The number of hydrogen-bond acceptors (Lipinski definition) is 7. The number of carbonyl (C=O) groups is 1. The standard InChI is InChI=1S/C10H11N3O2S3/c1-16-9-12-10(18-13-9)17-6-8(14)11-5-7-3-2-4-15-7/h2-4H,5-6H2,1H3,(H,11,14). The highest BCUT2D eigenvalue weighted by Gasteiger charge is 2.07. The molecule has 96 valence electrons. The number of amides is 1. The summed E-state index contributed by atoms with van der Waals surface area (Å²) in [7, 11) is 0. The van der Waals surface area contributed by atoms with Crippen LogP contribution in [0.1, 0.15) is 5.76 Å². The van der Waals surface area contributed by atoms with Gasteiger partial charge in [-0.3, -0.25) is 4.79 Å². The Hall–Kier alpha value is -0.990. The van der Waals surface area contributed by atoms with Crippen molar-refractivity contribution in [2.75, 3.05) is 12.0 Å². The fourth-order valence-corrected chi connectivity index (χ4v) is 3.16. The molecule has 0 aliphatic heterocycles. The summed E-state index contributed by atoms with van der Waals surface area (Å²) in [5.74, 6) is 1.04. The summed E-state index contributed by atoms with van der Waals surface area (Å²) in [5.41, 5.74) is 0. The maximum absolute atomic E-state index is 11.6. The Morgan fingerprint density at radius 1 is 1.61 bits per heavy atom. The zero-order valence-electron chi connectivity index (χ0n) is 9.58. The van der Waals surface area contributed by atoms with Crippen LogP contribution < -0.4 is 5.32 Å². The minimum Gasteiger partial charge on any atom is -0.467 e. The Kier molecular flexibility index (Phi) is 5.09. The van der Waals surface area contributed by atoms with Gasteiger partial charge in [0.1, 0.15) is 5.76 Å². The Morgan fingerprint density at radius 3 is 3.17 bits per heavy atom. The molecule has 2 aromatic rings. The summed E-state index contributed by atoms with van der Waals surface area (Å²) >= 11 is 4.20. The molecule has 0 saturated heterocycles. The van der Waals surface area contributed by atoms with Crippen LogP contribution in [0.25, 0.3) is 0 Å². The largest absolute Gasteiger partial charge is 0.467 e. The molecule has 0 bridgehead atoms. The quantitative estimate of drug-likeness (QED) is 0.826. The summed E-state index contributed by atoms with van der Waals surface area (Å²) in [4.78, 5) is 15.8. The number of rotatable bonds is 6. The zero-order valence-corrected chi connectivity index (χ0v) is 12.0. The van der Waals surface area contributed by atoms with Crippen LogP contribution in [0.15, 0.2) is 32.3 Å². The summed E-state index contributed by atoms with van der Waals surface area (Å²) in [6.07, 6.45) is 3.51. The lowest BCUT2D eigenvalue weighted by molar-refractivity contribution is -0.118. The van der Waals surface area contributed by atoms with E-state index < -0.39 is 0 Å². The van der Waals surface area contributed by atoms with E-state index >= 15 is 0 Å². The summed E-state index contributed by atoms with van der Waals surface area (Å²) in [6.45, 7) is 0.415. The van der Waals surface area contributed by atoms with Crippen molar-refractivity contribution in [3.05, 3.63) is 24.2 Å². The second-order valence-electron chi connectivity index (χ2n) is 3.19. The average Bonchev–Trinajstić information content (AvgIpc) is 3.04. The van der Waals surface area contributed by atoms with Crippen molar-refractivity contribution in [3.8, 4) is 0 Å². The Bertz CT molecular complexity index is 498. The van der Waals surface area contributed by atoms with Crippen molar-refractivity contribution in [1.82, 2.24) is 14.7 Å². The van der Waals surface area contributed by atoms with Crippen LogP contribution in [0.3, 0.4) is 0 Å². The number of nitrogens with zero attached hydrogens (tertiary/aromatic N) is 2. The van der Waals surface area contributed by atoms with Gasteiger partial charge in [0.15, 0.2) is 4.34 Å². The summed E-state index contributed by atoms with van der Waals surface area (Å²) < 4.78 is 10.1. The normalized spacial score (nSPS) is 10.5. The zero-order chi connectivity index (χ0) is 12.8. The van der Waals surface area contributed by atoms with Crippen molar-refractivity contribution in [3.63, 3.8) is 0 Å². The van der Waals surface area contributed by atoms with Crippen molar-refractivity contribution in [2.45, 2.75) is 16.0 Å². The first-order chi connectivity index (χ1) is 8.78. The Morgan fingerprint density at radius 2 is 2.50 bits per heavy atom. The van der Waals surface area contributed by atoms with E-state index in [-0.39, 0.29) is 5.91 Å². The minimum absolute atomic E-state index is 0.0442. The van der Waals surface area contributed by atoms with Crippen molar-refractivity contribution in [1.29, 1.82) is 0 Å². The van der Waals surface area contributed by atoms with Crippen LogP contribution in [0.2, 0.25) is 0 Å². The van der Waals surface area contributed by atoms with E-state index in [1.807, 2.05) is 12.3 Å². The molecular formula is C10H11N3O2S3. The number of furan rings is 1. The highest BCUT2D eigenvalue weighted by atomic mass is 32.2. The highest BCUT2D eigenvalue weighted by molar-refractivity contribution is 8.01. The van der Waals surface area contributed by atoms with Crippen molar-refractivity contribution < 1.29 is 9.21 Å². The first-order valence-electron chi connectivity index (χ1n) is 5.07. The summed E-state index contributed by atoms with van der Waals surface area (Å²) in [5, 5.41) is 3.52. The number of nitrogens with one attached hydrogen (secondary N) is 1. The number of aromatic nitrogens is 2. The van der Waals surface area contributed by atoms with E-state index in [0.717, 1.165) is 15.3 Å². The van der Waals surface area contributed by atoms with Gasteiger partial charge in [-0.05, 0) is 29.9 Å². The third-order valence-corrected chi connectivity index (χ3v) is 4.43. The molecule has 1 N–H and O–H groups in total. The number of thioether (sulfide) groups is 2. The molecule has 2 aromatic heterocycles. The maximum atomic E-state index is 11.6. The average molecular weight is 301 g/mol. The smallest absolute Gasteiger partial charge is 0.230 e. The Balaban J connectivity index is 1.71. The molecule has 18 heavy (non-hydrogen) atoms. The first-order valence-corrected chi connectivity index (χ1v) is 8.06. The fourth-order valence-electron chi connectivity index (χ4n) is 1.12. The van der Waals surface area contributed by atoms with Crippen LogP contribution in [-0.4, -0.2) is 27.3 Å². The molecule has 0 radical (unpaired) electrons.